The Morgan fingerprint density at radius 3 is 2.82 bits per heavy atom. The summed E-state index contributed by atoms with van der Waals surface area (Å²) in [5.41, 5.74) is 1.93. The minimum absolute atomic E-state index is 0.116. The molecule has 17 heavy (non-hydrogen) atoms. The fourth-order valence-electron chi connectivity index (χ4n) is 1.74. The Morgan fingerprint density at radius 2 is 2.24 bits per heavy atom. The van der Waals surface area contributed by atoms with Gasteiger partial charge in [0, 0.05) is 37.7 Å². The highest BCUT2D eigenvalue weighted by atomic mass is 16.4. The van der Waals surface area contributed by atoms with Crippen LogP contribution in [-0.4, -0.2) is 25.2 Å². The molecule has 0 amide bonds. The number of aromatic nitrogens is 3. The van der Waals surface area contributed by atoms with Crippen LogP contribution in [0.15, 0.2) is 24.7 Å². The first-order valence-corrected chi connectivity index (χ1v) is 5.44. The second kappa shape index (κ2) is 4.45. The Labute approximate surface area is 99.3 Å². The highest BCUT2D eigenvalue weighted by Crippen LogP contribution is 2.18. The minimum Gasteiger partial charge on any atom is -0.481 e. The van der Waals surface area contributed by atoms with E-state index in [4.69, 9.17) is 5.11 Å². The lowest BCUT2D eigenvalue weighted by Gasteiger charge is -2.00. The number of carboxylic acid groups (broad SMARTS) is 1. The Morgan fingerprint density at radius 1 is 1.47 bits per heavy atom. The predicted octanol–water partition coefficient (Wildman–Crippen LogP) is 1.67. The zero-order valence-electron chi connectivity index (χ0n) is 9.92. The number of imidazole rings is 1. The standard InChI is InChI=1S/C12H15N3O2/c1-9-13-11(10-3-5-14(2)7-10)8-15(9)6-4-12(16)17/h3,5,7-8H,4,6H2,1-2H3,(H,16,17). The molecule has 0 aliphatic heterocycles. The van der Waals surface area contributed by atoms with Gasteiger partial charge in [0.1, 0.15) is 5.82 Å². The van der Waals surface area contributed by atoms with Gasteiger partial charge in [-0.2, -0.15) is 0 Å². The number of nitrogens with zero attached hydrogens (tertiary/aromatic N) is 3. The second-order valence-electron chi connectivity index (χ2n) is 4.08. The van der Waals surface area contributed by atoms with Crippen molar-refractivity contribution < 1.29 is 9.90 Å². The first-order valence-electron chi connectivity index (χ1n) is 5.44. The lowest BCUT2D eigenvalue weighted by Crippen LogP contribution is -2.04. The number of carbonyl (C=O) groups is 1. The number of aryl methyl sites for hydroxylation is 3. The van der Waals surface area contributed by atoms with Gasteiger partial charge in [0.25, 0.3) is 0 Å². The molecule has 0 saturated carbocycles. The number of hydrogen-bond acceptors (Lipinski definition) is 2. The van der Waals surface area contributed by atoms with Crippen molar-refractivity contribution in [2.24, 2.45) is 7.05 Å². The number of rotatable bonds is 4. The van der Waals surface area contributed by atoms with Gasteiger partial charge in [-0.15, -0.1) is 0 Å². The first-order chi connectivity index (χ1) is 8.06. The summed E-state index contributed by atoms with van der Waals surface area (Å²) in [6, 6.07) is 1.99. The Bertz CT molecular complexity index is 540. The van der Waals surface area contributed by atoms with Crippen molar-refractivity contribution in [2.45, 2.75) is 19.9 Å². The van der Waals surface area contributed by atoms with Crippen molar-refractivity contribution in [1.29, 1.82) is 0 Å². The summed E-state index contributed by atoms with van der Waals surface area (Å²) in [5, 5.41) is 8.66. The van der Waals surface area contributed by atoms with Crippen LogP contribution in [0.3, 0.4) is 0 Å². The van der Waals surface area contributed by atoms with Crippen molar-refractivity contribution >= 4 is 5.97 Å². The van der Waals surface area contributed by atoms with Crippen molar-refractivity contribution in [3.8, 4) is 11.3 Å². The summed E-state index contributed by atoms with van der Waals surface area (Å²) < 4.78 is 3.83. The van der Waals surface area contributed by atoms with Crippen LogP contribution in [0.1, 0.15) is 12.2 Å². The summed E-state index contributed by atoms with van der Waals surface area (Å²) in [7, 11) is 1.96. The molecule has 2 aromatic rings. The van der Waals surface area contributed by atoms with E-state index in [1.807, 2.05) is 47.8 Å². The lowest BCUT2D eigenvalue weighted by molar-refractivity contribution is -0.137. The minimum atomic E-state index is -0.792. The first kappa shape index (κ1) is 11.4. The average Bonchev–Trinajstić information content (AvgIpc) is 2.82. The second-order valence-corrected chi connectivity index (χ2v) is 4.08. The van der Waals surface area contributed by atoms with Gasteiger partial charge in [-0.05, 0) is 13.0 Å². The third kappa shape index (κ3) is 2.55. The van der Waals surface area contributed by atoms with Crippen LogP contribution in [0.4, 0.5) is 0 Å². The van der Waals surface area contributed by atoms with Crippen LogP contribution in [0.2, 0.25) is 0 Å². The molecule has 5 heteroatoms. The maximum Gasteiger partial charge on any atom is 0.305 e. The van der Waals surface area contributed by atoms with E-state index in [2.05, 4.69) is 4.98 Å². The highest BCUT2D eigenvalue weighted by Gasteiger charge is 2.08. The van der Waals surface area contributed by atoms with Crippen molar-refractivity contribution in [3.63, 3.8) is 0 Å². The lowest BCUT2D eigenvalue weighted by atomic mass is 10.3. The molecule has 0 aliphatic carbocycles. The molecule has 5 nitrogen and oxygen atoms in total. The van der Waals surface area contributed by atoms with E-state index in [9.17, 15) is 4.79 Å². The van der Waals surface area contributed by atoms with Gasteiger partial charge in [-0.3, -0.25) is 4.79 Å². The molecule has 90 valence electrons. The van der Waals surface area contributed by atoms with Gasteiger partial charge in [0.2, 0.25) is 0 Å². The van der Waals surface area contributed by atoms with Crippen LogP contribution in [0.25, 0.3) is 11.3 Å². The molecule has 2 rings (SSSR count). The smallest absolute Gasteiger partial charge is 0.305 e. The predicted molar refractivity (Wildman–Crippen MR) is 63.6 cm³/mol. The molecule has 0 radical (unpaired) electrons. The molecular weight excluding hydrogens is 218 g/mol. The third-order valence-electron chi connectivity index (χ3n) is 2.67. The van der Waals surface area contributed by atoms with Crippen molar-refractivity contribution in [3.05, 3.63) is 30.5 Å². The summed E-state index contributed by atoms with van der Waals surface area (Å²) >= 11 is 0. The van der Waals surface area contributed by atoms with E-state index in [1.165, 1.54) is 0 Å². The van der Waals surface area contributed by atoms with E-state index >= 15 is 0 Å². The topological polar surface area (TPSA) is 60.0 Å². The maximum absolute atomic E-state index is 10.5. The van der Waals surface area contributed by atoms with Crippen molar-refractivity contribution in [2.75, 3.05) is 0 Å². The molecule has 0 bridgehead atoms. The molecule has 1 N–H and O–H groups in total. The quantitative estimate of drug-likeness (QED) is 0.873. The molecule has 0 unspecified atom stereocenters. The summed E-state index contributed by atoms with van der Waals surface area (Å²) in [5.74, 6) is 0.0458. The summed E-state index contributed by atoms with van der Waals surface area (Å²) in [6.07, 6.45) is 5.96. The molecule has 0 aromatic carbocycles. The van der Waals surface area contributed by atoms with Crippen LogP contribution in [0.5, 0.6) is 0 Å². The van der Waals surface area contributed by atoms with E-state index in [0.717, 1.165) is 17.1 Å². The highest BCUT2D eigenvalue weighted by molar-refractivity contribution is 5.66. The Balaban J connectivity index is 2.21. The number of aliphatic carboxylic acids is 1. The zero-order chi connectivity index (χ0) is 12.4. The zero-order valence-corrected chi connectivity index (χ0v) is 9.92. The molecule has 0 fully saturated rings. The van der Waals surface area contributed by atoms with Crippen LogP contribution >= 0.6 is 0 Å². The van der Waals surface area contributed by atoms with E-state index in [1.54, 1.807) is 0 Å². The number of carboxylic acids is 1. The van der Waals surface area contributed by atoms with Crippen LogP contribution in [-0.2, 0) is 18.4 Å². The van der Waals surface area contributed by atoms with E-state index in [-0.39, 0.29) is 6.42 Å². The van der Waals surface area contributed by atoms with E-state index in [0.29, 0.717) is 6.54 Å². The molecule has 2 aromatic heterocycles. The Kier molecular flexibility index (Phi) is 2.99. The number of hydrogen-bond donors (Lipinski definition) is 1. The monoisotopic (exact) mass is 233 g/mol. The summed E-state index contributed by atoms with van der Waals surface area (Å²) in [6.45, 7) is 2.34. The fourth-order valence-corrected chi connectivity index (χ4v) is 1.74. The van der Waals surface area contributed by atoms with Gasteiger partial charge >= 0.3 is 5.97 Å². The molecular formula is C12H15N3O2. The Hall–Kier alpha value is -2.04. The molecule has 0 aliphatic rings. The van der Waals surface area contributed by atoms with Gasteiger partial charge in [-0.1, -0.05) is 0 Å². The maximum atomic E-state index is 10.5. The third-order valence-corrected chi connectivity index (χ3v) is 2.67. The van der Waals surface area contributed by atoms with Gasteiger partial charge < -0.3 is 14.2 Å². The normalized spacial score (nSPS) is 10.7. The van der Waals surface area contributed by atoms with Gasteiger partial charge in [-0.25, -0.2) is 4.98 Å². The average molecular weight is 233 g/mol. The largest absolute Gasteiger partial charge is 0.481 e. The molecule has 0 spiro atoms. The van der Waals surface area contributed by atoms with Gasteiger partial charge in [0.05, 0.1) is 12.1 Å². The van der Waals surface area contributed by atoms with E-state index < -0.39 is 5.97 Å². The van der Waals surface area contributed by atoms with Gasteiger partial charge in [0.15, 0.2) is 0 Å². The summed E-state index contributed by atoms with van der Waals surface area (Å²) in [4.78, 5) is 15.0. The SMILES string of the molecule is Cc1nc(-c2ccn(C)c2)cn1CCC(=O)O. The van der Waals surface area contributed by atoms with Crippen molar-refractivity contribution in [1.82, 2.24) is 14.1 Å². The molecule has 0 saturated heterocycles. The van der Waals surface area contributed by atoms with Crippen LogP contribution < -0.4 is 0 Å². The molecule has 2 heterocycles. The molecule has 0 atom stereocenters. The van der Waals surface area contributed by atoms with Crippen LogP contribution in [0, 0.1) is 6.92 Å². The fraction of sp³-hybridized carbons (Fsp3) is 0.333.